The Morgan fingerprint density at radius 3 is 1.86 bits per heavy atom. The Morgan fingerprint density at radius 1 is 1.71 bits per heavy atom. The van der Waals surface area contributed by atoms with Gasteiger partial charge in [0.25, 0.3) is 0 Å². The van der Waals surface area contributed by atoms with Crippen LogP contribution in [0.4, 0.5) is 0 Å². The van der Waals surface area contributed by atoms with Gasteiger partial charge < -0.3 is 16.3 Å². The molecule has 0 radical (unpaired) electrons. The number of aliphatic hydroxyl groups excluding tert-OH is 1. The van der Waals surface area contributed by atoms with Crippen molar-refractivity contribution < 1.29 is 40.1 Å². The van der Waals surface area contributed by atoms with Crippen LogP contribution in [0.25, 0.3) is 0 Å². The first-order chi connectivity index (χ1) is 2.27. The van der Waals surface area contributed by atoms with E-state index in [1.54, 1.807) is 6.92 Å². The molecule has 0 bridgehead atoms. The van der Waals surface area contributed by atoms with Gasteiger partial charge in [0.1, 0.15) is 0 Å². The normalized spacial score (nSPS) is 10.7. The summed E-state index contributed by atoms with van der Waals surface area (Å²) in [6.07, 6.45) is 0. The summed E-state index contributed by atoms with van der Waals surface area (Å²) in [6.45, 7) is 1.83. The van der Waals surface area contributed by atoms with Crippen molar-refractivity contribution >= 4 is 0 Å². The second-order valence-electron chi connectivity index (χ2n) is 1.16. The summed E-state index contributed by atoms with van der Waals surface area (Å²) in [6, 6.07) is -0.0602. The van der Waals surface area contributed by atoms with Gasteiger partial charge >= 0.3 is 29.6 Å². The molecule has 0 aliphatic heterocycles. The number of hydrogen-bond donors (Lipinski definition) is 2. The van der Waals surface area contributed by atoms with Gasteiger partial charge in [-0.25, -0.2) is 0 Å². The molecule has 0 aromatic carbocycles. The van der Waals surface area contributed by atoms with Gasteiger partial charge in [0.15, 0.2) is 0 Å². The summed E-state index contributed by atoms with van der Waals surface area (Å²) in [5.41, 5.74) is 5.04. The summed E-state index contributed by atoms with van der Waals surface area (Å²) in [7, 11) is 0. The number of nitrogens with two attached hydrogens (primary N) is 1. The SMILES string of the molecule is CC(N)CO.[Na+].[OH-]. The molecule has 0 fully saturated rings. The minimum atomic E-state index is -0.0602. The average molecular weight is 115 g/mol. The van der Waals surface area contributed by atoms with Gasteiger partial charge in [-0.3, -0.25) is 0 Å². The molecule has 1 unspecified atom stereocenters. The number of hydrogen-bond acceptors (Lipinski definition) is 3. The van der Waals surface area contributed by atoms with E-state index >= 15 is 0 Å². The third-order valence-electron chi connectivity index (χ3n) is 0.288. The number of rotatable bonds is 1. The Bertz CT molecular complexity index is 26.9. The predicted molar refractivity (Wildman–Crippen MR) is 22.7 cm³/mol. The molecule has 4 heteroatoms. The molecule has 0 aliphatic rings. The summed E-state index contributed by atoms with van der Waals surface area (Å²) >= 11 is 0. The van der Waals surface area contributed by atoms with E-state index in [4.69, 9.17) is 10.8 Å². The van der Waals surface area contributed by atoms with Gasteiger partial charge in [0, 0.05) is 6.04 Å². The molecule has 7 heavy (non-hydrogen) atoms. The first-order valence-corrected chi connectivity index (χ1v) is 1.64. The molecule has 4 N–H and O–H groups in total. The van der Waals surface area contributed by atoms with Gasteiger partial charge in [-0.15, -0.1) is 0 Å². The van der Waals surface area contributed by atoms with Crippen LogP contribution in [0.2, 0.25) is 0 Å². The third kappa shape index (κ3) is 19.8. The van der Waals surface area contributed by atoms with Crippen molar-refractivity contribution in [2.45, 2.75) is 13.0 Å². The van der Waals surface area contributed by atoms with E-state index in [0.717, 1.165) is 0 Å². The molecule has 0 aromatic heterocycles. The standard InChI is InChI=1S/C3H9NO.Na.H2O/c1-3(4)2-5;;/h3,5H,2,4H2,1H3;;1H2/q;+1;/p-1. The van der Waals surface area contributed by atoms with Crippen LogP contribution in [0.15, 0.2) is 0 Å². The molecule has 3 nitrogen and oxygen atoms in total. The second-order valence-corrected chi connectivity index (χ2v) is 1.16. The minimum absolute atomic E-state index is 0. The van der Waals surface area contributed by atoms with Crippen LogP contribution in [0.1, 0.15) is 6.92 Å². The molecular weight excluding hydrogens is 105 g/mol. The summed E-state index contributed by atoms with van der Waals surface area (Å²) in [4.78, 5) is 0. The van der Waals surface area contributed by atoms with Crippen LogP contribution in [0, 0.1) is 0 Å². The first-order valence-electron chi connectivity index (χ1n) is 1.64. The summed E-state index contributed by atoms with van der Waals surface area (Å²) in [5, 5.41) is 8.02. The van der Waals surface area contributed by atoms with E-state index in [-0.39, 0.29) is 47.7 Å². The van der Waals surface area contributed by atoms with E-state index < -0.39 is 0 Å². The van der Waals surface area contributed by atoms with Gasteiger partial charge in [-0.1, -0.05) is 0 Å². The summed E-state index contributed by atoms with van der Waals surface area (Å²) in [5.74, 6) is 0. The fraction of sp³-hybridized carbons (Fsp3) is 1.00. The first kappa shape index (κ1) is 15.7. The zero-order chi connectivity index (χ0) is 4.28. The average Bonchev–Trinajstić information content (AvgIpc) is 1.38. The second kappa shape index (κ2) is 9.99. The van der Waals surface area contributed by atoms with Crippen molar-refractivity contribution in [1.82, 2.24) is 0 Å². The quantitative estimate of drug-likeness (QED) is 0.343. The maximum atomic E-state index is 8.02. The molecule has 0 rings (SSSR count). The van der Waals surface area contributed by atoms with Gasteiger partial charge in [0.05, 0.1) is 6.61 Å². The van der Waals surface area contributed by atoms with Gasteiger partial charge in [-0.05, 0) is 6.92 Å². The topological polar surface area (TPSA) is 76.2 Å². The molecule has 40 valence electrons. The number of aliphatic hydroxyl groups is 1. The molecule has 0 heterocycles. The smallest absolute Gasteiger partial charge is 0.870 e. The van der Waals surface area contributed by atoms with Crippen molar-refractivity contribution in [3.05, 3.63) is 0 Å². The van der Waals surface area contributed by atoms with Crippen molar-refractivity contribution in [3.63, 3.8) is 0 Å². The van der Waals surface area contributed by atoms with Crippen molar-refractivity contribution in [2.75, 3.05) is 6.61 Å². The van der Waals surface area contributed by atoms with Gasteiger partial charge in [0.2, 0.25) is 0 Å². The molecule has 0 aromatic rings. The monoisotopic (exact) mass is 115 g/mol. The van der Waals surface area contributed by atoms with E-state index in [2.05, 4.69) is 0 Å². The molecule has 0 aliphatic carbocycles. The Morgan fingerprint density at radius 2 is 1.86 bits per heavy atom. The zero-order valence-corrected chi connectivity index (χ0v) is 6.76. The van der Waals surface area contributed by atoms with Crippen LogP contribution >= 0.6 is 0 Å². The molecule has 0 saturated heterocycles. The van der Waals surface area contributed by atoms with Crippen LogP contribution in [-0.4, -0.2) is 23.2 Å². The van der Waals surface area contributed by atoms with Crippen molar-refractivity contribution in [2.24, 2.45) is 5.73 Å². The Kier molecular flexibility index (Phi) is 22.3. The minimum Gasteiger partial charge on any atom is -0.870 e. The van der Waals surface area contributed by atoms with Crippen LogP contribution in [0.5, 0.6) is 0 Å². The predicted octanol–water partition coefficient (Wildman–Crippen LogP) is -3.85. The van der Waals surface area contributed by atoms with E-state index in [0.29, 0.717) is 0 Å². The van der Waals surface area contributed by atoms with E-state index in [1.165, 1.54) is 0 Å². The largest absolute Gasteiger partial charge is 1.00 e. The van der Waals surface area contributed by atoms with E-state index in [1.807, 2.05) is 0 Å². The zero-order valence-electron chi connectivity index (χ0n) is 4.76. The van der Waals surface area contributed by atoms with Gasteiger partial charge in [-0.2, -0.15) is 0 Å². The molecule has 0 amide bonds. The Labute approximate surface area is 65.5 Å². The Hall–Kier alpha value is 0.880. The Balaban J connectivity index is -0.0000000800. The third-order valence-corrected chi connectivity index (χ3v) is 0.288. The molecular formula is C3H10NNaO2. The molecule has 0 spiro atoms. The van der Waals surface area contributed by atoms with Crippen LogP contribution < -0.4 is 35.3 Å². The van der Waals surface area contributed by atoms with Crippen molar-refractivity contribution in [1.29, 1.82) is 0 Å². The fourth-order valence-electron chi connectivity index (χ4n) is 0. The molecule has 0 saturated carbocycles. The van der Waals surface area contributed by atoms with E-state index in [9.17, 15) is 0 Å². The summed E-state index contributed by atoms with van der Waals surface area (Å²) < 4.78 is 0. The molecule has 1 atom stereocenters. The maximum Gasteiger partial charge on any atom is 1.00 e. The fourth-order valence-corrected chi connectivity index (χ4v) is 0. The van der Waals surface area contributed by atoms with Crippen LogP contribution in [0.3, 0.4) is 0 Å². The maximum absolute atomic E-state index is 8.02. The van der Waals surface area contributed by atoms with Crippen LogP contribution in [-0.2, 0) is 0 Å². The van der Waals surface area contributed by atoms with Crippen molar-refractivity contribution in [3.8, 4) is 0 Å².